The van der Waals surface area contributed by atoms with E-state index in [0.29, 0.717) is 0 Å². The lowest BCUT2D eigenvalue weighted by Gasteiger charge is -2.26. The van der Waals surface area contributed by atoms with E-state index >= 15 is 0 Å². The highest BCUT2D eigenvalue weighted by Crippen LogP contribution is 2.43. The van der Waals surface area contributed by atoms with Crippen LogP contribution in [0.3, 0.4) is 0 Å². The van der Waals surface area contributed by atoms with E-state index in [1.165, 1.54) is 49.7 Å². The van der Waals surface area contributed by atoms with Crippen molar-refractivity contribution in [1.29, 1.82) is 0 Å². The van der Waals surface area contributed by atoms with Crippen LogP contribution >= 0.6 is 0 Å². The Bertz CT molecular complexity index is 1440. The predicted octanol–water partition coefficient (Wildman–Crippen LogP) is 9.05. The molecular weight excluding hydrogens is 398 g/mol. The third kappa shape index (κ3) is 3.66. The molecule has 1 heteroatoms. The first-order valence-corrected chi connectivity index (χ1v) is 11.9. The van der Waals surface area contributed by atoms with Crippen molar-refractivity contribution in [1.82, 2.24) is 4.57 Å². The van der Waals surface area contributed by atoms with Gasteiger partial charge in [-0.3, -0.25) is 0 Å². The summed E-state index contributed by atoms with van der Waals surface area (Å²) in [5.74, 6) is 0. The normalized spacial score (nSPS) is 12.5. The molecule has 1 heterocycles. The molecule has 0 aliphatic rings. The molecule has 0 saturated heterocycles. The van der Waals surface area contributed by atoms with Crippen LogP contribution in [0, 0.1) is 0 Å². The largest absolute Gasteiger partial charge is 0.309 e. The topological polar surface area (TPSA) is 4.93 Å². The van der Waals surface area contributed by atoms with Crippen molar-refractivity contribution in [2.75, 3.05) is 0 Å². The number of aromatic nitrogens is 1. The molecular formula is C32H33N. The minimum absolute atomic E-state index is 0.0107. The van der Waals surface area contributed by atoms with Crippen LogP contribution < -0.4 is 0 Å². The van der Waals surface area contributed by atoms with Crippen LogP contribution in [0.5, 0.6) is 0 Å². The zero-order chi connectivity index (χ0) is 23.4. The molecule has 166 valence electrons. The molecule has 0 aliphatic carbocycles. The Labute approximate surface area is 197 Å². The molecule has 0 radical (unpaired) electrons. The van der Waals surface area contributed by atoms with E-state index in [1.807, 2.05) is 0 Å². The second kappa shape index (κ2) is 7.63. The van der Waals surface area contributed by atoms with Crippen molar-refractivity contribution in [2.45, 2.75) is 52.4 Å². The molecule has 0 fully saturated rings. The van der Waals surface area contributed by atoms with Gasteiger partial charge in [0, 0.05) is 16.5 Å². The van der Waals surface area contributed by atoms with E-state index in [9.17, 15) is 0 Å². The lowest BCUT2D eigenvalue weighted by atomic mass is 9.78. The van der Waals surface area contributed by atoms with Crippen LogP contribution in [-0.4, -0.2) is 4.57 Å². The maximum Gasteiger partial charge on any atom is 0.0544 e. The first-order valence-electron chi connectivity index (χ1n) is 11.9. The Balaban J connectivity index is 1.87. The average Bonchev–Trinajstić information content (AvgIpc) is 3.12. The van der Waals surface area contributed by atoms with Gasteiger partial charge >= 0.3 is 0 Å². The number of fused-ring (bicyclic) bond motifs is 3. The summed E-state index contributed by atoms with van der Waals surface area (Å²) in [5.41, 5.74) is 9.25. The van der Waals surface area contributed by atoms with Gasteiger partial charge in [-0.2, -0.15) is 0 Å². The third-order valence-corrected chi connectivity index (χ3v) is 6.66. The molecule has 4 aromatic carbocycles. The Morgan fingerprint density at radius 3 is 1.82 bits per heavy atom. The second-order valence-corrected chi connectivity index (χ2v) is 11.1. The van der Waals surface area contributed by atoms with E-state index in [0.717, 1.165) is 0 Å². The van der Waals surface area contributed by atoms with Gasteiger partial charge in [-0.1, -0.05) is 108 Å². The molecule has 5 rings (SSSR count). The summed E-state index contributed by atoms with van der Waals surface area (Å²) in [6.45, 7) is 13.8. The van der Waals surface area contributed by atoms with E-state index in [1.54, 1.807) is 0 Å². The molecule has 33 heavy (non-hydrogen) atoms. The summed E-state index contributed by atoms with van der Waals surface area (Å²) in [4.78, 5) is 0. The van der Waals surface area contributed by atoms with E-state index in [-0.39, 0.29) is 10.8 Å². The van der Waals surface area contributed by atoms with Crippen molar-refractivity contribution in [3.63, 3.8) is 0 Å². The van der Waals surface area contributed by atoms with Crippen molar-refractivity contribution in [2.24, 2.45) is 0 Å². The maximum absolute atomic E-state index is 2.41. The Kier molecular flexibility index (Phi) is 4.97. The van der Waals surface area contributed by atoms with Crippen LogP contribution in [0.4, 0.5) is 0 Å². The van der Waals surface area contributed by atoms with Gasteiger partial charge in [-0.05, 0) is 57.3 Å². The summed E-state index contributed by atoms with van der Waals surface area (Å²) in [7, 11) is 0. The summed E-state index contributed by atoms with van der Waals surface area (Å²) in [5, 5.41) is 2.67. The molecule has 5 aromatic rings. The fraction of sp³-hybridized carbons (Fsp3) is 0.250. The molecule has 0 aliphatic heterocycles. The molecule has 0 atom stereocenters. The van der Waals surface area contributed by atoms with E-state index < -0.39 is 0 Å². The van der Waals surface area contributed by atoms with Gasteiger partial charge in [0.25, 0.3) is 0 Å². The molecule has 0 unspecified atom stereocenters. The van der Waals surface area contributed by atoms with Crippen molar-refractivity contribution in [3.05, 3.63) is 102 Å². The van der Waals surface area contributed by atoms with E-state index in [2.05, 4.69) is 137 Å². The first-order chi connectivity index (χ1) is 15.7. The predicted molar refractivity (Wildman–Crippen MR) is 144 cm³/mol. The van der Waals surface area contributed by atoms with Crippen LogP contribution in [0.2, 0.25) is 0 Å². The number of hydrogen-bond donors (Lipinski definition) is 0. The van der Waals surface area contributed by atoms with Gasteiger partial charge in [0.05, 0.1) is 11.0 Å². The lowest BCUT2D eigenvalue weighted by molar-refractivity contribution is 0.590. The molecule has 0 spiro atoms. The molecule has 0 amide bonds. The number of nitrogens with zero attached hydrogens (tertiary/aromatic N) is 1. The highest BCUT2D eigenvalue weighted by atomic mass is 15.0. The smallest absolute Gasteiger partial charge is 0.0544 e. The van der Waals surface area contributed by atoms with Gasteiger partial charge in [0.1, 0.15) is 0 Å². The van der Waals surface area contributed by atoms with Crippen LogP contribution in [-0.2, 0) is 10.8 Å². The minimum Gasteiger partial charge on any atom is -0.309 e. The van der Waals surface area contributed by atoms with Gasteiger partial charge in [0.15, 0.2) is 0 Å². The Morgan fingerprint density at radius 1 is 0.545 bits per heavy atom. The number of para-hydroxylation sites is 2. The zero-order valence-corrected chi connectivity index (χ0v) is 20.6. The van der Waals surface area contributed by atoms with Crippen LogP contribution in [0.1, 0.15) is 52.7 Å². The first kappa shape index (κ1) is 21.5. The zero-order valence-electron chi connectivity index (χ0n) is 20.6. The molecule has 0 N–H and O–H groups in total. The fourth-order valence-electron chi connectivity index (χ4n) is 5.09. The monoisotopic (exact) mass is 431 g/mol. The standard InChI is InChI=1S/C32H33N/c1-31(2,3)23-18-16-22(17-19-23)25-20-21-28-29(30(25)32(4,5)6)26-14-10-11-15-27(26)33(28)24-12-8-7-9-13-24/h7-21H,1-6H3. The summed E-state index contributed by atoms with van der Waals surface area (Å²) >= 11 is 0. The van der Waals surface area contributed by atoms with Crippen molar-refractivity contribution < 1.29 is 0 Å². The fourth-order valence-corrected chi connectivity index (χ4v) is 5.09. The van der Waals surface area contributed by atoms with Crippen LogP contribution in [0.15, 0.2) is 91.0 Å². The molecule has 0 saturated carbocycles. The summed E-state index contributed by atoms with van der Waals surface area (Å²) in [6, 6.07) is 33.3. The average molecular weight is 432 g/mol. The minimum atomic E-state index is -0.0107. The lowest BCUT2D eigenvalue weighted by Crippen LogP contribution is -2.14. The maximum atomic E-state index is 2.41. The number of hydrogen-bond acceptors (Lipinski definition) is 0. The number of benzene rings is 4. The molecule has 1 aromatic heterocycles. The van der Waals surface area contributed by atoms with Gasteiger partial charge < -0.3 is 4.57 Å². The van der Waals surface area contributed by atoms with Gasteiger partial charge in [-0.25, -0.2) is 0 Å². The van der Waals surface area contributed by atoms with Crippen molar-refractivity contribution in [3.8, 4) is 16.8 Å². The van der Waals surface area contributed by atoms with Crippen molar-refractivity contribution >= 4 is 21.8 Å². The Morgan fingerprint density at radius 2 is 1.18 bits per heavy atom. The Hall–Kier alpha value is -3.32. The molecule has 0 bridgehead atoms. The third-order valence-electron chi connectivity index (χ3n) is 6.66. The van der Waals surface area contributed by atoms with Gasteiger partial charge in [0.2, 0.25) is 0 Å². The van der Waals surface area contributed by atoms with E-state index in [4.69, 9.17) is 0 Å². The second-order valence-electron chi connectivity index (χ2n) is 11.1. The highest BCUT2D eigenvalue weighted by Gasteiger charge is 2.26. The SMILES string of the molecule is CC(C)(C)c1ccc(-c2ccc3c(c2C(C)(C)C)c2ccccc2n3-c2ccccc2)cc1. The highest BCUT2D eigenvalue weighted by molar-refractivity contribution is 6.13. The quantitative estimate of drug-likeness (QED) is 0.263. The summed E-state index contributed by atoms with van der Waals surface area (Å²) in [6.07, 6.45) is 0. The summed E-state index contributed by atoms with van der Waals surface area (Å²) < 4.78 is 2.41. The van der Waals surface area contributed by atoms with Crippen LogP contribution in [0.25, 0.3) is 38.6 Å². The number of rotatable bonds is 2. The van der Waals surface area contributed by atoms with Gasteiger partial charge in [-0.15, -0.1) is 0 Å². The molecule has 1 nitrogen and oxygen atoms in total.